The van der Waals surface area contributed by atoms with E-state index in [4.69, 9.17) is 9.63 Å². The van der Waals surface area contributed by atoms with E-state index >= 15 is 0 Å². The second-order valence-corrected chi connectivity index (χ2v) is 3.44. The summed E-state index contributed by atoms with van der Waals surface area (Å²) in [6.45, 7) is 1.90. The smallest absolute Gasteiger partial charge is 0.377 e. The van der Waals surface area contributed by atoms with Gasteiger partial charge in [-0.3, -0.25) is 0 Å². The molecule has 0 aromatic carbocycles. The Balaban J connectivity index is 2.43. The van der Waals surface area contributed by atoms with Crippen LogP contribution in [0.3, 0.4) is 0 Å². The maximum Gasteiger partial charge on any atom is 0.377 e. The summed E-state index contributed by atoms with van der Waals surface area (Å²) in [6.07, 6.45) is 0. The van der Waals surface area contributed by atoms with Crippen molar-refractivity contribution in [3.8, 4) is 11.5 Å². The van der Waals surface area contributed by atoms with Gasteiger partial charge >= 0.3 is 5.97 Å². The van der Waals surface area contributed by atoms with Gasteiger partial charge in [0.05, 0.1) is 5.56 Å². The van der Waals surface area contributed by atoms with Crippen LogP contribution < -0.4 is 0 Å². The number of aryl methyl sites for hydroxylation is 1. The van der Waals surface area contributed by atoms with Crippen LogP contribution in [-0.4, -0.2) is 21.2 Å². The molecular formula is C8H6N2O3S. The Bertz CT molecular complexity index is 474. The second-order valence-electron chi connectivity index (χ2n) is 2.70. The largest absolute Gasteiger partial charge is 0.475 e. The minimum atomic E-state index is -1.19. The quantitative estimate of drug-likeness (QED) is 0.817. The maximum absolute atomic E-state index is 10.5. The zero-order valence-electron chi connectivity index (χ0n) is 7.22. The molecule has 0 radical (unpaired) electrons. The highest BCUT2D eigenvalue weighted by Gasteiger charge is 2.15. The van der Waals surface area contributed by atoms with Crippen molar-refractivity contribution in [3.05, 3.63) is 22.1 Å². The van der Waals surface area contributed by atoms with Gasteiger partial charge in [0.2, 0.25) is 0 Å². The maximum atomic E-state index is 10.5. The van der Waals surface area contributed by atoms with E-state index in [1.165, 1.54) is 11.3 Å². The highest BCUT2D eigenvalue weighted by atomic mass is 32.1. The standard InChI is InChI=1S/C8H6N2O3S/c1-4-2-14-3-5(4)7-9-6(8(11)12)10-13-7/h2-3H,1H3,(H,11,12). The summed E-state index contributed by atoms with van der Waals surface area (Å²) in [5, 5.41) is 15.7. The number of thiophene rings is 1. The molecule has 0 unspecified atom stereocenters. The Morgan fingerprint density at radius 2 is 2.36 bits per heavy atom. The van der Waals surface area contributed by atoms with Crippen LogP contribution in [0.25, 0.3) is 11.5 Å². The Hall–Kier alpha value is -1.69. The number of rotatable bonds is 2. The van der Waals surface area contributed by atoms with Crippen LogP contribution in [0.2, 0.25) is 0 Å². The molecule has 0 spiro atoms. The molecule has 14 heavy (non-hydrogen) atoms. The van der Waals surface area contributed by atoms with Gasteiger partial charge in [-0.25, -0.2) is 4.79 Å². The van der Waals surface area contributed by atoms with E-state index in [0.717, 1.165) is 11.1 Å². The van der Waals surface area contributed by atoms with Crippen LogP contribution in [0.4, 0.5) is 0 Å². The van der Waals surface area contributed by atoms with E-state index in [9.17, 15) is 4.79 Å². The van der Waals surface area contributed by atoms with Gasteiger partial charge in [0, 0.05) is 5.38 Å². The molecule has 0 saturated heterocycles. The molecule has 6 heteroatoms. The van der Waals surface area contributed by atoms with Gasteiger partial charge in [-0.05, 0) is 23.0 Å². The summed E-state index contributed by atoms with van der Waals surface area (Å²) in [5.74, 6) is -1.25. The lowest BCUT2D eigenvalue weighted by molar-refractivity contribution is 0.0680. The SMILES string of the molecule is Cc1cscc1-c1nc(C(=O)O)no1. The monoisotopic (exact) mass is 210 g/mol. The fourth-order valence-corrected chi connectivity index (χ4v) is 1.82. The summed E-state index contributed by atoms with van der Waals surface area (Å²) in [4.78, 5) is 14.2. The van der Waals surface area contributed by atoms with Crippen LogP contribution in [-0.2, 0) is 0 Å². The van der Waals surface area contributed by atoms with Crippen molar-refractivity contribution >= 4 is 17.3 Å². The number of carbonyl (C=O) groups is 1. The minimum Gasteiger partial charge on any atom is -0.475 e. The van der Waals surface area contributed by atoms with Gasteiger partial charge in [0.15, 0.2) is 0 Å². The zero-order chi connectivity index (χ0) is 10.1. The van der Waals surface area contributed by atoms with E-state index in [1.54, 1.807) is 0 Å². The molecule has 2 aromatic rings. The molecule has 0 amide bonds. The van der Waals surface area contributed by atoms with Gasteiger partial charge in [-0.1, -0.05) is 0 Å². The number of aromatic carboxylic acids is 1. The average molecular weight is 210 g/mol. The minimum absolute atomic E-state index is 0.251. The number of hydrogen-bond donors (Lipinski definition) is 1. The molecule has 0 aliphatic carbocycles. The molecule has 0 fully saturated rings. The lowest BCUT2D eigenvalue weighted by Gasteiger charge is -1.88. The first-order chi connectivity index (χ1) is 6.68. The number of carboxylic acids is 1. The molecule has 0 bridgehead atoms. The average Bonchev–Trinajstić information content (AvgIpc) is 2.71. The highest BCUT2D eigenvalue weighted by molar-refractivity contribution is 7.08. The van der Waals surface area contributed by atoms with Crippen molar-refractivity contribution in [1.29, 1.82) is 0 Å². The first kappa shape index (κ1) is 8.89. The van der Waals surface area contributed by atoms with Gasteiger partial charge in [-0.15, -0.1) is 0 Å². The third-order valence-corrected chi connectivity index (χ3v) is 2.56. The molecule has 2 aromatic heterocycles. The summed E-state index contributed by atoms with van der Waals surface area (Å²) >= 11 is 1.50. The van der Waals surface area contributed by atoms with Crippen LogP contribution in [0.1, 0.15) is 16.2 Å². The van der Waals surface area contributed by atoms with Crippen molar-refractivity contribution in [2.75, 3.05) is 0 Å². The molecule has 5 nitrogen and oxygen atoms in total. The van der Waals surface area contributed by atoms with Crippen LogP contribution >= 0.6 is 11.3 Å². The molecular weight excluding hydrogens is 204 g/mol. The van der Waals surface area contributed by atoms with Crippen molar-refractivity contribution in [2.24, 2.45) is 0 Å². The number of aromatic nitrogens is 2. The van der Waals surface area contributed by atoms with E-state index < -0.39 is 5.97 Å². The summed E-state index contributed by atoms with van der Waals surface area (Å²) in [6, 6.07) is 0. The molecule has 2 heterocycles. The highest BCUT2D eigenvalue weighted by Crippen LogP contribution is 2.24. The lowest BCUT2D eigenvalue weighted by atomic mass is 10.2. The van der Waals surface area contributed by atoms with E-state index in [2.05, 4.69) is 10.1 Å². The molecule has 2 rings (SSSR count). The fraction of sp³-hybridized carbons (Fsp3) is 0.125. The van der Waals surface area contributed by atoms with Gasteiger partial charge in [0.1, 0.15) is 0 Å². The van der Waals surface area contributed by atoms with Crippen LogP contribution in [0.15, 0.2) is 15.3 Å². The Morgan fingerprint density at radius 1 is 1.57 bits per heavy atom. The Labute approximate surface area is 83.0 Å². The molecule has 1 N–H and O–H groups in total. The lowest BCUT2D eigenvalue weighted by Crippen LogP contribution is -1.98. The Morgan fingerprint density at radius 3 is 2.86 bits per heavy atom. The molecule has 72 valence electrons. The zero-order valence-corrected chi connectivity index (χ0v) is 8.04. The summed E-state index contributed by atoms with van der Waals surface area (Å²) in [7, 11) is 0. The van der Waals surface area contributed by atoms with E-state index in [0.29, 0.717) is 0 Å². The number of hydrogen-bond acceptors (Lipinski definition) is 5. The van der Waals surface area contributed by atoms with Crippen molar-refractivity contribution in [1.82, 2.24) is 10.1 Å². The first-order valence-electron chi connectivity index (χ1n) is 3.78. The molecule has 0 saturated carbocycles. The van der Waals surface area contributed by atoms with Crippen LogP contribution in [0.5, 0.6) is 0 Å². The third kappa shape index (κ3) is 1.39. The van der Waals surface area contributed by atoms with Crippen molar-refractivity contribution in [3.63, 3.8) is 0 Å². The van der Waals surface area contributed by atoms with Crippen molar-refractivity contribution < 1.29 is 14.4 Å². The second kappa shape index (κ2) is 3.22. The van der Waals surface area contributed by atoms with E-state index in [-0.39, 0.29) is 11.7 Å². The normalized spacial score (nSPS) is 10.4. The Kier molecular flexibility index (Phi) is 2.05. The first-order valence-corrected chi connectivity index (χ1v) is 4.73. The van der Waals surface area contributed by atoms with Gasteiger partial charge in [-0.2, -0.15) is 16.3 Å². The molecule has 0 aliphatic rings. The fourth-order valence-electron chi connectivity index (χ4n) is 0.999. The summed E-state index contributed by atoms with van der Waals surface area (Å²) < 4.78 is 4.82. The number of nitrogens with zero attached hydrogens (tertiary/aromatic N) is 2. The topological polar surface area (TPSA) is 76.2 Å². The third-order valence-electron chi connectivity index (χ3n) is 1.70. The van der Waals surface area contributed by atoms with Gasteiger partial charge in [0.25, 0.3) is 11.7 Å². The summed E-state index contributed by atoms with van der Waals surface area (Å²) in [5.41, 5.74) is 1.78. The molecule has 0 aliphatic heterocycles. The molecule has 0 atom stereocenters. The van der Waals surface area contributed by atoms with Crippen molar-refractivity contribution in [2.45, 2.75) is 6.92 Å². The predicted molar refractivity (Wildman–Crippen MR) is 49.3 cm³/mol. The predicted octanol–water partition coefficient (Wildman–Crippen LogP) is 1.80. The van der Waals surface area contributed by atoms with E-state index in [1.807, 2.05) is 17.7 Å². The van der Waals surface area contributed by atoms with Gasteiger partial charge < -0.3 is 9.63 Å². The van der Waals surface area contributed by atoms with Crippen LogP contribution in [0, 0.1) is 6.92 Å². The number of carboxylic acid groups (broad SMARTS) is 1.